The largest absolute Gasteiger partial charge is 0.423 e. The van der Waals surface area contributed by atoms with Crippen LogP contribution >= 0.6 is 34.8 Å². The average Bonchev–Trinajstić information content (AvgIpc) is 2.69. The predicted octanol–water partition coefficient (Wildman–Crippen LogP) is 4.66. The highest BCUT2D eigenvalue weighted by atomic mass is 35.5. The molecule has 0 spiro atoms. The summed E-state index contributed by atoms with van der Waals surface area (Å²) in [5.74, 6) is 0.390. The zero-order valence-corrected chi connectivity index (χ0v) is 13.8. The number of allylic oxidation sites excluding steroid dienone is 4. The molecule has 0 N–H and O–H groups in total. The van der Waals surface area contributed by atoms with Crippen LogP contribution in [-0.4, -0.2) is 16.7 Å². The quantitative estimate of drug-likeness (QED) is 0.476. The molecule has 20 heavy (non-hydrogen) atoms. The van der Waals surface area contributed by atoms with E-state index in [0.29, 0.717) is 16.4 Å². The molecule has 0 saturated carbocycles. The van der Waals surface area contributed by atoms with Crippen molar-refractivity contribution in [3.05, 3.63) is 33.1 Å². The maximum atomic E-state index is 11.8. The molecule has 0 unspecified atom stereocenters. The van der Waals surface area contributed by atoms with Crippen LogP contribution in [0.15, 0.2) is 33.1 Å². The van der Waals surface area contributed by atoms with E-state index in [-0.39, 0.29) is 16.8 Å². The van der Waals surface area contributed by atoms with Gasteiger partial charge in [0, 0.05) is 27.2 Å². The molecule has 0 aromatic heterocycles. The zero-order valence-electron chi connectivity index (χ0n) is 11.5. The van der Waals surface area contributed by atoms with Crippen molar-refractivity contribution < 1.29 is 9.53 Å². The van der Waals surface area contributed by atoms with Crippen LogP contribution in [0.2, 0.25) is 0 Å². The molecule has 0 fully saturated rings. The number of hydrogen-bond donors (Lipinski definition) is 0. The summed E-state index contributed by atoms with van der Waals surface area (Å²) in [5, 5.41) is -0.172. The first-order chi connectivity index (χ1) is 9.29. The van der Waals surface area contributed by atoms with Crippen molar-refractivity contribution in [3.8, 4) is 0 Å². The van der Waals surface area contributed by atoms with Crippen LogP contribution in [0.3, 0.4) is 0 Å². The number of carbonyl (C=O) groups is 1. The Balaban J connectivity index is 2.31. The smallest absolute Gasteiger partial charge is 0.339 e. The van der Waals surface area contributed by atoms with E-state index >= 15 is 0 Å². The van der Waals surface area contributed by atoms with Crippen LogP contribution in [0.25, 0.3) is 0 Å². The molecule has 0 aromatic rings. The summed E-state index contributed by atoms with van der Waals surface area (Å²) in [7, 11) is 0. The molecule has 3 rings (SSSR count). The molecule has 2 aliphatic carbocycles. The Kier molecular flexibility index (Phi) is 3.28. The Morgan fingerprint density at radius 3 is 2.55 bits per heavy atom. The Labute approximate surface area is 133 Å². The third kappa shape index (κ3) is 1.68. The van der Waals surface area contributed by atoms with E-state index in [1.54, 1.807) is 6.92 Å². The van der Waals surface area contributed by atoms with Crippen molar-refractivity contribution in [3.63, 3.8) is 0 Å². The summed E-state index contributed by atoms with van der Waals surface area (Å²) in [6, 6.07) is 0. The van der Waals surface area contributed by atoms with Gasteiger partial charge in [-0.15, -0.1) is 23.2 Å². The summed E-state index contributed by atoms with van der Waals surface area (Å²) in [4.78, 5) is 11.8. The summed E-state index contributed by atoms with van der Waals surface area (Å²) in [6.45, 7) is 5.80. The van der Waals surface area contributed by atoms with Gasteiger partial charge in [-0.1, -0.05) is 18.5 Å². The first-order valence-corrected chi connectivity index (χ1v) is 7.86. The number of hydrogen-bond acceptors (Lipinski definition) is 2. The highest BCUT2D eigenvalue weighted by Gasteiger charge is 2.52. The second kappa shape index (κ2) is 4.53. The first kappa shape index (κ1) is 14.5. The zero-order chi connectivity index (χ0) is 14.8. The SMILES string of the molecule is CC1=C2CC[C@@]3(C)C(=C2OC1=O)C(C)=C(Cl)[C@@H](Cl)[C@H]3Cl. The fourth-order valence-corrected chi connectivity index (χ4v) is 4.52. The topological polar surface area (TPSA) is 26.3 Å². The van der Waals surface area contributed by atoms with Crippen LogP contribution in [0, 0.1) is 5.41 Å². The summed E-state index contributed by atoms with van der Waals surface area (Å²) >= 11 is 19.3. The highest BCUT2D eigenvalue weighted by Crippen LogP contribution is 2.57. The van der Waals surface area contributed by atoms with Gasteiger partial charge in [-0.2, -0.15) is 0 Å². The van der Waals surface area contributed by atoms with E-state index in [4.69, 9.17) is 39.5 Å². The molecule has 108 valence electrons. The van der Waals surface area contributed by atoms with Gasteiger partial charge in [0.15, 0.2) is 0 Å². The molecule has 0 bridgehead atoms. The van der Waals surface area contributed by atoms with E-state index in [1.165, 1.54) is 0 Å². The second-order valence-electron chi connectivity index (χ2n) is 5.89. The molecule has 0 aromatic carbocycles. The van der Waals surface area contributed by atoms with Gasteiger partial charge in [0.2, 0.25) is 0 Å². The van der Waals surface area contributed by atoms with Crippen molar-refractivity contribution in [1.82, 2.24) is 0 Å². The summed E-state index contributed by atoms with van der Waals surface area (Å²) in [5.41, 5.74) is 3.20. The second-order valence-corrected chi connectivity index (χ2v) is 7.24. The molecule has 0 radical (unpaired) electrons. The van der Waals surface area contributed by atoms with Crippen LogP contribution in [0.4, 0.5) is 0 Å². The van der Waals surface area contributed by atoms with Gasteiger partial charge in [0.1, 0.15) is 5.76 Å². The van der Waals surface area contributed by atoms with Crippen LogP contribution < -0.4 is 0 Å². The Morgan fingerprint density at radius 2 is 1.90 bits per heavy atom. The Bertz CT molecular complexity index is 615. The molecule has 0 saturated heterocycles. The van der Waals surface area contributed by atoms with E-state index in [0.717, 1.165) is 29.6 Å². The van der Waals surface area contributed by atoms with Crippen LogP contribution in [0.1, 0.15) is 33.6 Å². The van der Waals surface area contributed by atoms with Crippen molar-refractivity contribution in [2.75, 3.05) is 0 Å². The molecule has 3 atom stereocenters. The van der Waals surface area contributed by atoms with Crippen molar-refractivity contribution >= 4 is 40.8 Å². The number of ether oxygens (including phenoxy) is 1. The molecule has 5 heteroatoms. The number of esters is 1. The Morgan fingerprint density at radius 1 is 1.25 bits per heavy atom. The number of halogens is 3. The Hall–Kier alpha value is -0.440. The fourth-order valence-electron chi connectivity index (χ4n) is 3.45. The van der Waals surface area contributed by atoms with E-state index in [1.807, 2.05) is 6.92 Å². The summed E-state index contributed by atoms with van der Waals surface area (Å²) in [6.07, 6.45) is 1.62. The molecule has 1 aliphatic heterocycles. The summed E-state index contributed by atoms with van der Waals surface area (Å²) < 4.78 is 5.49. The van der Waals surface area contributed by atoms with Gasteiger partial charge in [0.25, 0.3) is 0 Å². The van der Waals surface area contributed by atoms with Gasteiger partial charge in [-0.3, -0.25) is 0 Å². The van der Waals surface area contributed by atoms with E-state index < -0.39 is 5.38 Å². The predicted molar refractivity (Wildman–Crippen MR) is 81.0 cm³/mol. The molecule has 0 amide bonds. The van der Waals surface area contributed by atoms with Crippen molar-refractivity contribution in [2.45, 2.75) is 44.4 Å². The van der Waals surface area contributed by atoms with Crippen LogP contribution in [-0.2, 0) is 9.53 Å². The highest BCUT2D eigenvalue weighted by molar-refractivity contribution is 6.41. The maximum Gasteiger partial charge on any atom is 0.339 e. The average molecular weight is 334 g/mol. The third-order valence-corrected chi connectivity index (χ3v) is 6.72. The van der Waals surface area contributed by atoms with Gasteiger partial charge >= 0.3 is 5.97 Å². The fraction of sp³-hybridized carbons (Fsp3) is 0.533. The van der Waals surface area contributed by atoms with Crippen molar-refractivity contribution in [2.24, 2.45) is 5.41 Å². The molecular weight excluding hydrogens is 319 g/mol. The minimum atomic E-state index is -0.406. The number of alkyl halides is 2. The molecule has 1 heterocycles. The number of fused-ring (bicyclic) bond motifs is 2. The lowest BCUT2D eigenvalue weighted by Gasteiger charge is -2.46. The molecule has 2 nitrogen and oxygen atoms in total. The van der Waals surface area contributed by atoms with Gasteiger partial charge < -0.3 is 4.74 Å². The van der Waals surface area contributed by atoms with E-state index in [2.05, 4.69) is 6.92 Å². The molecular formula is C15H15Cl3O2. The van der Waals surface area contributed by atoms with Crippen molar-refractivity contribution in [1.29, 1.82) is 0 Å². The standard InChI is InChI=1S/C15H15Cl3O2/c1-6-8-4-5-15(3)9(12(8)20-14(6)19)7(2)10(16)11(17)13(15)18/h11,13H,4-5H2,1-3H3/t11-,13-,15+/m1/s1. The lowest BCUT2D eigenvalue weighted by molar-refractivity contribution is -0.133. The van der Waals surface area contributed by atoms with Gasteiger partial charge in [-0.05, 0) is 32.3 Å². The lowest BCUT2D eigenvalue weighted by atomic mass is 9.64. The van der Waals surface area contributed by atoms with Gasteiger partial charge in [0.05, 0.1) is 10.8 Å². The normalized spacial score (nSPS) is 37.2. The minimum Gasteiger partial charge on any atom is -0.423 e. The van der Waals surface area contributed by atoms with E-state index in [9.17, 15) is 4.79 Å². The first-order valence-electron chi connectivity index (χ1n) is 6.61. The monoisotopic (exact) mass is 332 g/mol. The number of carbonyl (C=O) groups excluding carboxylic acids is 1. The maximum absolute atomic E-state index is 11.8. The van der Waals surface area contributed by atoms with Gasteiger partial charge in [-0.25, -0.2) is 4.79 Å². The minimum absolute atomic E-state index is 0.269. The number of rotatable bonds is 0. The lowest BCUT2D eigenvalue weighted by Crippen LogP contribution is -2.43. The third-order valence-electron chi connectivity index (χ3n) is 4.76. The molecule has 3 aliphatic rings. The van der Waals surface area contributed by atoms with Crippen LogP contribution in [0.5, 0.6) is 0 Å².